The van der Waals surface area contributed by atoms with Gasteiger partial charge in [0.2, 0.25) is 0 Å². The van der Waals surface area contributed by atoms with Crippen molar-refractivity contribution in [1.29, 1.82) is 0 Å². The molecule has 0 aliphatic heterocycles. The average Bonchev–Trinajstić information content (AvgIpc) is 2.24. The molecule has 0 heterocycles. The molecule has 15 heavy (non-hydrogen) atoms. The van der Waals surface area contributed by atoms with Crippen LogP contribution in [0.25, 0.3) is 0 Å². The van der Waals surface area contributed by atoms with Crippen LogP contribution < -0.4 is 5.32 Å². The normalized spacial score (nSPS) is 9.20. The molecule has 0 aliphatic carbocycles. The van der Waals surface area contributed by atoms with E-state index in [0.717, 1.165) is 0 Å². The van der Waals surface area contributed by atoms with Gasteiger partial charge >= 0.3 is 6.09 Å². The summed E-state index contributed by atoms with van der Waals surface area (Å²) in [6, 6.07) is 0. The quantitative estimate of drug-likeness (QED) is 0.506. The summed E-state index contributed by atoms with van der Waals surface area (Å²) in [5.41, 5.74) is 0.574. The standard InChI is InChI=1S/C10H17NO4/c1-3-14-6-7-15-10(13)11-5-4-9(2)8-12/h3-7H2,1-2H3,(H,11,13). The molecule has 0 aromatic carbocycles. The molecule has 0 saturated carbocycles. The zero-order valence-corrected chi connectivity index (χ0v) is 9.17. The Morgan fingerprint density at radius 1 is 1.40 bits per heavy atom. The van der Waals surface area contributed by atoms with Gasteiger partial charge in [-0.2, -0.15) is 0 Å². The monoisotopic (exact) mass is 215 g/mol. The van der Waals surface area contributed by atoms with Crippen molar-refractivity contribution in [2.24, 2.45) is 0 Å². The van der Waals surface area contributed by atoms with Crippen molar-refractivity contribution in [3.8, 4) is 0 Å². The van der Waals surface area contributed by atoms with Gasteiger partial charge in [-0.1, -0.05) is 0 Å². The molecule has 86 valence electrons. The number of hydrogen-bond acceptors (Lipinski definition) is 4. The Kier molecular flexibility index (Phi) is 8.43. The van der Waals surface area contributed by atoms with Gasteiger partial charge in [-0.25, -0.2) is 9.59 Å². The molecule has 0 spiro atoms. The first-order valence-electron chi connectivity index (χ1n) is 4.89. The molecule has 5 heteroatoms. The lowest BCUT2D eigenvalue weighted by Gasteiger charge is -2.06. The van der Waals surface area contributed by atoms with Crippen molar-refractivity contribution >= 4 is 12.0 Å². The Bertz CT molecular complexity index is 234. The van der Waals surface area contributed by atoms with Gasteiger partial charge in [-0.05, 0) is 20.3 Å². The molecule has 0 aromatic rings. The van der Waals surface area contributed by atoms with Gasteiger partial charge in [0.15, 0.2) is 0 Å². The third-order valence-electron chi connectivity index (χ3n) is 1.61. The highest BCUT2D eigenvalue weighted by Crippen LogP contribution is 1.91. The summed E-state index contributed by atoms with van der Waals surface area (Å²) >= 11 is 0. The molecule has 0 radical (unpaired) electrons. The van der Waals surface area contributed by atoms with Crippen LogP contribution >= 0.6 is 0 Å². The van der Waals surface area contributed by atoms with Crippen molar-refractivity contribution in [2.45, 2.75) is 20.3 Å². The Morgan fingerprint density at radius 3 is 2.73 bits per heavy atom. The van der Waals surface area contributed by atoms with E-state index in [4.69, 9.17) is 9.47 Å². The second-order valence-electron chi connectivity index (χ2n) is 2.89. The zero-order valence-electron chi connectivity index (χ0n) is 9.17. The number of amides is 1. The molecule has 0 fully saturated rings. The molecule has 1 amide bonds. The van der Waals surface area contributed by atoms with Crippen LogP contribution in [0.15, 0.2) is 5.57 Å². The SMILES string of the molecule is CCOCCOC(=O)NCCC(C)=C=O. The fourth-order valence-corrected chi connectivity index (χ4v) is 0.792. The van der Waals surface area contributed by atoms with Crippen molar-refractivity contribution in [2.75, 3.05) is 26.4 Å². The van der Waals surface area contributed by atoms with E-state index in [1.54, 1.807) is 12.9 Å². The summed E-state index contributed by atoms with van der Waals surface area (Å²) in [7, 11) is 0. The van der Waals surface area contributed by atoms with E-state index in [-0.39, 0.29) is 6.61 Å². The molecule has 1 N–H and O–H groups in total. The summed E-state index contributed by atoms with van der Waals surface area (Å²) < 4.78 is 9.76. The lowest BCUT2D eigenvalue weighted by molar-refractivity contribution is 0.0789. The molecular formula is C10H17NO4. The Labute approximate surface area is 89.4 Å². The maximum absolute atomic E-state index is 11.0. The summed E-state index contributed by atoms with van der Waals surface area (Å²) in [6.45, 7) is 5.16. The molecule has 0 aromatic heterocycles. The lowest BCUT2D eigenvalue weighted by atomic mass is 10.2. The zero-order chi connectivity index (χ0) is 11.5. The molecule has 5 nitrogen and oxygen atoms in total. The van der Waals surface area contributed by atoms with E-state index in [1.165, 1.54) is 0 Å². The Morgan fingerprint density at radius 2 is 2.13 bits per heavy atom. The van der Waals surface area contributed by atoms with Gasteiger partial charge in [0.05, 0.1) is 6.61 Å². The van der Waals surface area contributed by atoms with Crippen LogP contribution in [0.2, 0.25) is 0 Å². The van der Waals surface area contributed by atoms with Crippen molar-refractivity contribution < 1.29 is 19.1 Å². The van der Waals surface area contributed by atoms with Gasteiger partial charge in [0.25, 0.3) is 0 Å². The van der Waals surface area contributed by atoms with Crippen LogP contribution in [-0.2, 0) is 14.3 Å². The summed E-state index contributed by atoms with van der Waals surface area (Å²) in [5, 5.41) is 2.51. The molecule has 0 atom stereocenters. The first-order valence-corrected chi connectivity index (χ1v) is 4.89. The predicted molar refractivity (Wildman–Crippen MR) is 55.3 cm³/mol. The molecule has 0 bridgehead atoms. The number of nitrogens with one attached hydrogen (secondary N) is 1. The summed E-state index contributed by atoms with van der Waals surface area (Å²) in [4.78, 5) is 21.1. The third-order valence-corrected chi connectivity index (χ3v) is 1.61. The highest BCUT2D eigenvalue weighted by molar-refractivity contribution is 5.67. The molecular weight excluding hydrogens is 198 g/mol. The fraction of sp³-hybridized carbons (Fsp3) is 0.700. The average molecular weight is 215 g/mol. The van der Waals surface area contributed by atoms with Crippen LogP contribution in [0.1, 0.15) is 20.3 Å². The Balaban J connectivity index is 3.37. The minimum absolute atomic E-state index is 0.238. The molecule has 0 rings (SSSR count). The van der Waals surface area contributed by atoms with E-state index in [2.05, 4.69) is 5.32 Å². The highest BCUT2D eigenvalue weighted by Gasteiger charge is 2.00. The minimum Gasteiger partial charge on any atom is -0.447 e. The second kappa shape index (κ2) is 9.24. The van der Waals surface area contributed by atoms with Crippen LogP contribution in [0.3, 0.4) is 0 Å². The third kappa shape index (κ3) is 9.00. The number of rotatable bonds is 7. The van der Waals surface area contributed by atoms with E-state index < -0.39 is 6.09 Å². The largest absolute Gasteiger partial charge is 0.447 e. The van der Waals surface area contributed by atoms with E-state index >= 15 is 0 Å². The number of ether oxygens (including phenoxy) is 2. The second-order valence-corrected chi connectivity index (χ2v) is 2.89. The van der Waals surface area contributed by atoms with Crippen LogP contribution in [0, 0.1) is 0 Å². The van der Waals surface area contributed by atoms with Gasteiger partial charge in [0, 0.05) is 18.7 Å². The first kappa shape index (κ1) is 13.7. The number of carbonyl (C=O) groups is 1. The van der Waals surface area contributed by atoms with Crippen LogP contribution in [0.5, 0.6) is 0 Å². The Hall–Kier alpha value is -1.32. The van der Waals surface area contributed by atoms with E-state index in [1.807, 2.05) is 6.92 Å². The van der Waals surface area contributed by atoms with Crippen molar-refractivity contribution in [1.82, 2.24) is 5.32 Å². The van der Waals surface area contributed by atoms with Gasteiger partial charge in [-0.15, -0.1) is 0 Å². The maximum atomic E-state index is 11.0. The molecule has 0 unspecified atom stereocenters. The van der Waals surface area contributed by atoms with Crippen LogP contribution in [-0.4, -0.2) is 38.4 Å². The van der Waals surface area contributed by atoms with E-state index in [9.17, 15) is 9.59 Å². The van der Waals surface area contributed by atoms with Gasteiger partial charge in [-0.3, -0.25) is 0 Å². The maximum Gasteiger partial charge on any atom is 0.407 e. The smallest absolute Gasteiger partial charge is 0.407 e. The molecule has 0 aliphatic rings. The summed E-state index contributed by atoms with van der Waals surface area (Å²) in [5.74, 6) is 1.75. The minimum atomic E-state index is -0.492. The van der Waals surface area contributed by atoms with Gasteiger partial charge < -0.3 is 14.8 Å². The van der Waals surface area contributed by atoms with Crippen molar-refractivity contribution in [3.05, 3.63) is 5.57 Å². The first-order chi connectivity index (χ1) is 7.20. The van der Waals surface area contributed by atoms with Crippen LogP contribution in [0.4, 0.5) is 4.79 Å². The number of alkyl carbamates (subject to hydrolysis) is 1. The topological polar surface area (TPSA) is 64.6 Å². The fourth-order valence-electron chi connectivity index (χ4n) is 0.792. The highest BCUT2D eigenvalue weighted by atomic mass is 16.6. The van der Waals surface area contributed by atoms with Gasteiger partial charge in [0.1, 0.15) is 12.5 Å². The lowest BCUT2D eigenvalue weighted by Crippen LogP contribution is -2.26. The number of hydrogen-bond donors (Lipinski definition) is 1. The number of carbonyl (C=O) groups excluding carboxylic acids is 2. The van der Waals surface area contributed by atoms with E-state index in [0.29, 0.717) is 31.8 Å². The van der Waals surface area contributed by atoms with Crippen molar-refractivity contribution in [3.63, 3.8) is 0 Å². The molecule has 0 saturated heterocycles. The summed E-state index contributed by atoms with van der Waals surface area (Å²) in [6.07, 6.45) is -0.00208. The predicted octanol–water partition coefficient (Wildman–Crippen LogP) is 0.917.